The first-order chi connectivity index (χ1) is 12.7. The van der Waals surface area contributed by atoms with Crippen LogP contribution in [0.5, 0.6) is 0 Å². The molecule has 1 aromatic rings. The lowest BCUT2D eigenvalue weighted by Gasteiger charge is -2.36. The van der Waals surface area contributed by atoms with Crippen LogP contribution >= 0.6 is 0 Å². The third-order valence-corrected chi connectivity index (χ3v) is 4.38. The lowest BCUT2D eigenvalue weighted by Crippen LogP contribution is -2.52. The summed E-state index contributed by atoms with van der Waals surface area (Å²) in [5.41, 5.74) is -0.594. The standard InChI is InChI=1S/C19H23F3N2O3/c1-3-4-13-27-14(2)17(25)23-9-11-24(12-10-23)18(26)15-5-7-16(8-6-15)19(20,21)22/h3,5-8,14H,1,4,9-13H2,2H3. The molecule has 0 radical (unpaired) electrons. The molecule has 1 aliphatic heterocycles. The van der Waals surface area contributed by atoms with Gasteiger partial charge in [-0.1, -0.05) is 6.08 Å². The second kappa shape index (κ2) is 9.03. The number of rotatable bonds is 6. The van der Waals surface area contributed by atoms with Crippen molar-refractivity contribution in [3.05, 3.63) is 48.0 Å². The molecule has 1 atom stereocenters. The van der Waals surface area contributed by atoms with Crippen molar-refractivity contribution in [2.75, 3.05) is 32.8 Å². The topological polar surface area (TPSA) is 49.9 Å². The first-order valence-corrected chi connectivity index (χ1v) is 8.72. The molecule has 1 unspecified atom stereocenters. The van der Waals surface area contributed by atoms with Crippen LogP contribution in [0, 0.1) is 0 Å². The average Bonchev–Trinajstić information content (AvgIpc) is 2.66. The highest BCUT2D eigenvalue weighted by atomic mass is 19.4. The maximum absolute atomic E-state index is 12.6. The van der Waals surface area contributed by atoms with Gasteiger partial charge < -0.3 is 14.5 Å². The van der Waals surface area contributed by atoms with E-state index < -0.39 is 17.8 Å². The van der Waals surface area contributed by atoms with Gasteiger partial charge in [0, 0.05) is 31.7 Å². The van der Waals surface area contributed by atoms with Gasteiger partial charge in [-0.3, -0.25) is 9.59 Å². The molecule has 148 valence electrons. The van der Waals surface area contributed by atoms with E-state index in [2.05, 4.69) is 6.58 Å². The van der Waals surface area contributed by atoms with Crippen LogP contribution in [0.1, 0.15) is 29.3 Å². The summed E-state index contributed by atoms with van der Waals surface area (Å²) in [4.78, 5) is 28.0. The third kappa shape index (κ3) is 5.56. The zero-order chi connectivity index (χ0) is 20.0. The van der Waals surface area contributed by atoms with Gasteiger partial charge in [0.25, 0.3) is 11.8 Å². The van der Waals surface area contributed by atoms with Gasteiger partial charge in [-0.2, -0.15) is 13.2 Å². The number of piperazine rings is 1. The maximum Gasteiger partial charge on any atom is 0.416 e. The fourth-order valence-electron chi connectivity index (χ4n) is 2.77. The van der Waals surface area contributed by atoms with E-state index in [0.29, 0.717) is 39.2 Å². The van der Waals surface area contributed by atoms with Crippen LogP contribution < -0.4 is 0 Å². The molecule has 0 aromatic heterocycles. The molecular formula is C19H23F3N2O3. The first-order valence-electron chi connectivity index (χ1n) is 8.72. The Hall–Kier alpha value is -2.35. The van der Waals surface area contributed by atoms with Crippen LogP contribution in [0.4, 0.5) is 13.2 Å². The van der Waals surface area contributed by atoms with Gasteiger partial charge in [-0.15, -0.1) is 6.58 Å². The number of hydrogen-bond acceptors (Lipinski definition) is 3. The normalized spacial score (nSPS) is 16.1. The number of nitrogens with zero attached hydrogens (tertiary/aromatic N) is 2. The highest BCUT2D eigenvalue weighted by molar-refractivity contribution is 5.94. The number of carbonyl (C=O) groups excluding carboxylic acids is 2. The maximum atomic E-state index is 12.6. The Morgan fingerprint density at radius 3 is 2.22 bits per heavy atom. The summed E-state index contributed by atoms with van der Waals surface area (Å²) in [6.07, 6.45) is -2.63. The van der Waals surface area contributed by atoms with E-state index in [1.54, 1.807) is 17.9 Å². The summed E-state index contributed by atoms with van der Waals surface area (Å²) in [7, 11) is 0. The summed E-state index contributed by atoms with van der Waals surface area (Å²) in [5.74, 6) is -0.480. The van der Waals surface area contributed by atoms with E-state index in [-0.39, 0.29) is 17.4 Å². The van der Waals surface area contributed by atoms with E-state index in [4.69, 9.17) is 4.74 Å². The number of halogens is 3. The molecule has 1 aromatic carbocycles. The molecule has 5 nitrogen and oxygen atoms in total. The molecule has 27 heavy (non-hydrogen) atoms. The van der Waals surface area contributed by atoms with Crippen LogP contribution in [-0.2, 0) is 15.7 Å². The molecular weight excluding hydrogens is 361 g/mol. The molecule has 0 aliphatic carbocycles. The van der Waals surface area contributed by atoms with Crippen LogP contribution in [0.15, 0.2) is 36.9 Å². The minimum atomic E-state index is -4.43. The second-order valence-corrected chi connectivity index (χ2v) is 6.28. The molecule has 0 spiro atoms. The van der Waals surface area contributed by atoms with Crippen LogP contribution in [0.2, 0.25) is 0 Å². The van der Waals surface area contributed by atoms with Crippen LogP contribution in [0.25, 0.3) is 0 Å². The van der Waals surface area contributed by atoms with Crippen molar-refractivity contribution in [2.24, 2.45) is 0 Å². The number of benzene rings is 1. The quantitative estimate of drug-likeness (QED) is 0.560. The highest BCUT2D eigenvalue weighted by Gasteiger charge is 2.31. The Kier molecular flexibility index (Phi) is 7.01. The SMILES string of the molecule is C=CCCOC(C)C(=O)N1CCN(C(=O)c2ccc(C(F)(F)F)cc2)CC1. The second-order valence-electron chi connectivity index (χ2n) is 6.28. The average molecular weight is 384 g/mol. The number of amides is 2. The highest BCUT2D eigenvalue weighted by Crippen LogP contribution is 2.29. The molecule has 8 heteroatoms. The third-order valence-electron chi connectivity index (χ3n) is 4.38. The van der Waals surface area contributed by atoms with Gasteiger partial charge >= 0.3 is 6.18 Å². The summed E-state index contributed by atoms with van der Waals surface area (Å²) >= 11 is 0. The van der Waals surface area contributed by atoms with Gasteiger partial charge in [0.05, 0.1) is 12.2 Å². The Balaban J connectivity index is 1.88. The fourth-order valence-corrected chi connectivity index (χ4v) is 2.77. The number of carbonyl (C=O) groups is 2. The lowest BCUT2D eigenvalue weighted by atomic mass is 10.1. The summed E-state index contributed by atoms with van der Waals surface area (Å²) < 4.78 is 43.3. The van der Waals surface area contributed by atoms with Gasteiger partial charge in [-0.05, 0) is 37.6 Å². The van der Waals surface area contributed by atoms with Crippen molar-refractivity contribution < 1.29 is 27.5 Å². The Labute approximate surface area is 156 Å². The van der Waals surface area contributed by atoms with Gasteiger partial charge in [-0.25, -0.2) is 0 Å². The predicted octanol–water partition coefficient (Wildman–Crippen LogP) is 2.97. The van der Waals surface area contributed by atoms with Crippen LogP contribution in [-0.4, -0.2) is 60.5 Å². The van der Waals surface area contributed by atoms with Crippen molar-refractivity contribution >= 4 is 11.8 Å². The van der Waals surface area contributed by atoms with Gasteiger partial charge in [0.15, 0.2) is 0 Å². The molecule has 1 heterocycles. The van der Waals surface area contributed by atoms with Crippen molar-refractivity contribution in [1.82, 2.24) is 9.80 Å². The number of hydrogen-bond donors (Lipinski definition) is 0. The molecule has 0 N–H and O–H groups in total. The van der Waals surface area contributed by atoms with Gasteiger partial charge in [0.2, 0.25) is 0 Å². The minimum absolute atomic E-state index is 0.138. The van der Waals surface area contributed by atoms with Crippen molar-refractivity contribution in [3.8, 4) is 0 Å². The molecule has 0 bridgehead atoms. The lowest BCUT2D eigenvalue weighted by molar-refractivity contribution is -0.144. The van der Waals surface area contributed by atoms with E-state index in [9.17, 15) is 22.8 Å². The zero-order valence-electron chi connectivity index (χ0n) is 15.2. The molecule has 0 saturated carbocycles. The van der Waals surface area contributed by atoms with E-state index >= 15 is 0 Å². The van der Waals surface area contributed by atoms with Crippen molar-refractivity contribution in [2.45, 2.75) is 25.6 Å². The molecule has 1 saturated heterocycles. The first kappa shape index (κ1) is 21.0. The monoisotopic (exact) mass is 384 g/mol. The summed E-state index contributed by atoms with van der Waals surface area (Å²) in [6, 6.07) is 4.15. The smallest absolute Gasteiger partial charge is 0.368 e. The summed E-state index contributed by atoms with van der Waals surface area (Å²) in [6.45, 7) is 7.07. The molecule has 2 amide bonds. The zero-order valence-corrected chi connectivity index (χ0v) is 15.2. The Bertz CT molecular complexity index is 666. The molecule has 1 fully saturated rings. The number of alkyl halides is 3. The molecule has 2 rings (SSSR count). The Morgan fingerprint density at radius 1 is 1.15 bits per heavy atom. The minimum Gasteiger partial charge on any atom is -0.368 e. The fraction of sp³-hybridized carbons (Fsp3) is 0.474. The number of ether oxygens (including phenoxy) is 1. The largest absolute Gasteiger partial charge is 0.416 e. The Morgan fingerprint density at radius 2 is 1.70 bits per heavy atom. The van der Waals surface area contributed by atoms with Gasteiger partial charge in [0.1, 0.15) is 6.10 Å². The molecule has 1 aliphatic rings. The van der Waals surface area contributed by atoms with E-state index in [1.807, 2.05) is 0 Å². The van der Waals surface area contributed by atoms with Crippen molar-refractivity contribution in [3.63, 3.8) is 0 Å². The summed E-state index contributed by atoms with van der Waals surface area (Å²) in [5, 5.41) is 0. The van der Waals surface area contributed by atoms with Crippen LogP contribution in [0.3, 0.4) is 0 Å². The predicted molar refractivity (Wildman–Crippen MR) is 94.2 cm³/mol. The van der Waals surface area contributed by atoms with E-state index in [1.165, 1.54) is 17.0 Å². The van der Waals surface area contributed by atoms with Crippen molar-refractivity contribution in [1.29, 1.82) is 0 Å². The van der Waals surface area contributed by atoms with E-state index in [0.717, 1.165) is 12.1 Å².